The van der Waals surface area contributed by atoms with E-state index >= 15 is 0 Å². The number of para-hydroxylation sites is 4. The summed E-state index contributed by atoms with van der Waals surface area (Å²) < 4.78 is 9.09. The van der Waals surface area contributed by atoms with Crippen molar-refractivity contribution in [2.24, 2.45) is 0 Å². The second kappa shape index (κ2) is 17.6. The maximum atomic E-state index is 9.52. The molecule has 0 unspecified atom stereocenters. The van der Waals surface area contributed by atoms with Crippen LogP contribution in [0.5, 0.6) is 0 Å². The number of nitriles is 1. The summed E-state index contributed by atoms with van der Waals surface area (Å²) >= 11 is 0. The Labute approximate surface area is 458 Å². The molecule has 16 rings (SSSR count). The van der Waals surface area contributed by atoms with Crippen LogP contribution in [0.25, 0.3) is 149 Å². The van der Waals surface area contributed by atoms with Crippen molar-refractivity contribution in [1.82, 2.24) is 28.2 Å². The molecule has 0 saturated carbocycles. The third-order valence-electron chi connectivity index (χ3n) is 16.0. The fraction of sp³-hybridized carbons (Fsp3) is 0. The number of aromatic nitrogens is 6. The normalized spacial score (nSPS) is 11.7. The quantitative estimate of drug-likeness (QED) is 0.149. The highest BCUT2D eigenvalue weighted by molar-refractivity contribution is 6.15. The molecule has 0 amide bonds. The number of hydrogen-bond donors (Lipinski definition) is 0. The van der Waals surface area contributed by atoms with E-state index in [2.05, 4.69) is 229 Å². The fourth-order valence-corrected chi connectivity index (χ4v) is 12.4. The summed E-state index contributed by atoms with van der Waals surface area (Å²) in [6.07, 6.45) is 0. The van der Waals surface area contributed by atoms with Crippen molar-refractivity contribution in [3.8, 4) is 62.7 Å². The first-order valence-electron chi connectivity index (χ1n) is 26.6. The van der Waals surface area contributed by atoms with Gasteiger partial charge in [0.1, 0.15) is 5.82 Å². The molecule has 80 heavy (non-hydrogen) atoms. The molecule has 5 heterocycles. The van der Waals surface area contributed by atoms with E-state index in [0.29, 0.717) is 17.2 Å². The summed E-state index contributed by atoms with van der Waals surface area (Å²) in [5.74, 6) is 1.34. The first-order chi connectivity index (χ1) is 39.6. The van der Waals surface area contributed by atoms with Gasteiger partial charge in [0.05, 0.1) is 68.0 Å². The Bertz CT molecular complexity index is 5000. The average molecular weight is 1020 g/mol. The van der Waals surface area contributed by atoms with E-state index in [0.717, 1.165) is 127 Å². The van der Waals surface area contributed by atoms with Gasteiger partial charge in [-0.3, -0.25) is 9.13 Å². The predicted octanol–water partition coefficient (Wildman–Crippen LogP) is 18.3. The number of rotatable bonds is 7. The van der Waals surface area contributed by atoms with Crippen LogP contribution in [0, 0.1) is 17.9 Å². The van der Waals surface area contributed by atoms with Gasteiger partial charge in [0.15, 0.2) is 5.69 Å². The summed E-state index contributed by atoms with van der Waals surface area (Å²) in [7, 11) is 0. The maximum absolute atomic E-state index is 9.52. The van der Waals surface area contributed by atoms with E-state index in [1.54, 1.807) is 0 Å². The molecule has 16 aromatic rings. The molecule has 8 heteroatoms. The van der Waals surface area contributed by atoms with Crippen molar-refractivity contribution in [3.05, 3.63) is 272 Å². The Morgan fingerprint density at radius 3 is 1.15 bits per heavy atom. The largest absolute Gasteiger partial charge is 0.309 e. The van der Waals surface area contributed by atoms with E-state index in [1.807, 2.05) is 54.6 Å². The van der Waals surface area contributed by atoms with Crippen LogP contribution in [0.4, 0.5) is 5.69 Å². The van der Waals surface area contributed by atoms with Crippen LogP contribution in [0.15, 0.2) is 255 Å². The van der Waals surface area contributed by atoms with E-state index < -0.39 is 0 Å². The Kier molecular flexibility index (Phi) is 9.90. The second-order valence-electron chi connectivity index (χ2n) is 20.4. The molecular weight excluding hydrogens is 977 g/mol. The Hall–Kier alpha value is -11.3. The highest BCUT2D eigenvalue weighted by atomic mass is 15.2. The molecule has 0 atom stereocenters. The standard InChI is InChI=1S/C72H42N8/c1-74-51-29-33-53(34-30-51)78-64-20-10-6-16-55(64)59-40-48(26-36-68(59)78)50-28-38-70-61(42-50)57-18-8-12-22-66(57)80(70)72-75-62(46-13-3-2-4-14-46)43-71(76-72)79-65-21-11-7-17-56(65)60-41-49(27-37-69(60)79)47-25-35-67-58(39-47)54-15-5-9-19-63(54)77(67)52-31-23-45(44-73)24-32-52/h2-43H. The van der Waals surface area contributed by atoms with Crippen LogP contribution in [-0.4, -0.2) is 28.2 Å². The van der Waals surface area contributed by atoms with Gasteiger partial charge in [-0.25, -0.2) is 9.83 Å². The smallest absolute Gasteiger partial charge is 0.237 e. The Morgan fingerprint density at radius 1 is 0.325 bits per heavy atom. The summed E-state index contributed by atoms with van der Waals surface area (Å²) in [6.45, 7) is 7.50. The Morgan fingerprint density at radius 2 is 0.700 bits per heavy atom. The van der Waals surface area contributed by atoms with Gasteiger partial charge in [0.2, 0.25) is 5.95 Å². The van der Waals surface area contributed by atoms with Crippen LogP contribution in [0.3, 0.4) is 0 Å². The molecule has 8 nitrogen and oxygen atoms in total. The molecule has 0 bridgehead atoms. The van der Waals surface area contributed by atoms with Crippen LogP contribution < -0.4 is 0 Å². The van der Waals surface area contributed by atoms with Gasteiger partial charge in [0.25, 0.3) is 0 Å². The molecule has 0 aliphatic rings. The molecular formula is C72H42N8. The van der Waals surface area contributed by atoms with E-state index in [1.165, 1.54) is 10.8 Å². The summed E-state index contributed by atoms with van der Waals surface area (Å²) in [6, 6.07) is 91.8. The zero-order valence-electron chi connectivity index (χ0n) is 42.8. The lowest BCUT2D eigenvalue weighted by atomic mass is 10.0. The molecule has 11 aromatic carbocycles. The van der Waals surface area contributed by atoms with Gasteiger partial charge < -0.3 is 9.13 Å². The van der Waals surface area contributed by atoms with Gasteiger partial charge in [-0.05, 0) is 131 Å². The summed E-state index contributed by atoms with van der Waals surface area (Å²) in [5.41, 5.74) is 18.2. The van der Waals surface area contributed by atoms with Crippen LogP contribution in [-0.2, 0) is 0 Å². The number of benzene rings is 11. The molecule has 0 radical (unpaired) electrons. The number of fused-ring (bicyclic) bond motifs is 12. The van der Waals surface area contributed by atoms with Crippen molar-refractivity contribution < 1.29 is 0 Å². The van der Waals surface area contributed by atoms with Gasteiger partial charge >= 0.3 is 0 Å². The number of hydrogen-bond acceptors (Lipinski definition) is 3. The molecule has 0 fully saturated rings. The summed E-state index contributed by atoms with van der Waals surface area (Å²) in [5, 5.41) is 18.7. The van der Waals surface area contributed by atoms with Gasteiger partial charge in [-0.15, -0.1) is 0 Å². The SMILES string of the molecule is [C-]#[N+]c1ccc(-n2c3ccccc3c3cc(-c4ccc5c(c4)c4ccccc4n5-c4nc(-c5ccccc5)cc(-n5c6ccccc6c6cc(-c7ccc8c(c7)c7ccccc7n8-c7ccc(C#N)cc7)ccc65)n4)ccc32)cc1. The fourth-order valence-electron chi connectivity index (χ4n) is 12.4. The van der Waals surface area contributed by atoms with Crippen molar-refractivity contribution in [2.75, 3.05) is 0 Å². The lowest BCUT2D eigenvalue weighted by Crippen LogP contribution is -2.07. The van der Waals surface area contributed by atoms with Gasteiger partial charge in [0, 0.05) is 66.1 Å². The van der Waals surface area contributed by atoms with Crippen LogP contribution in [0.2, 0.25) is 0 Å². The minimum absolute atomic E-state index is 0.579. The molecule has 5 aromatic heterocycles. The summed E-state index contributed by atoms with van der Waals surface area (Å²) in [4.78, 5) is 14.6. The number of nitrogens with zero attached hydrogens (tertiary/aromatic N) is 8. The molecule has 0 N–H and O–H groups in total. The van der Waals surface area contributed by atoms with Crippen LogP contribution >= 0.6 is 0 Å². The van der Waals surface area contributed by atoms with Gasteiger partial charge in [-0.2, -0.15) is 10.2 Å². The van der Waals surface area contributed by atoms with E-state index in [-0.39, 0.29) is 0 Å². The van der Waals surface area contributed by atoms with E-state index in [9.17, 15) is 5.26 Å². The first-order valence-corrected chi connectivity index (χ1v) is 26.6. The van der Waals surface area contributed by atoms with E-state index in [4.69, 9.17) is 16.5 Å². The molecule has 0 aliphatic carbocycles. The minimum Gasteiger partial charge on any atom is -0.309 e. The van der Waals surface area contributed by atoms with Crippen molar-refractivity contribution in [1.29, 1.82) is 5.26 Å². The maximum Gasteiger partial charge on any atom is 0.237 e. The van der Waals surface area contributed by atoms with Crippen molar-refractivity contribution in [3.63, 3.8) is 0 Å². The molecule has 0 aliphatic heterocycles. The van der Waals surface area contributed by atoms with Crippen molar-refractivity contribution in [2.45, 2.75) is 0 Å². The molecule has 0 spiro atoms. The third-order valence-corrected chi connectivity index (χ3v) is 16.0. The zero-order valence-corrected chi connectivity index (χ0v) is 42.8. The first kappa shape index (κ1) is 44.9. The third kappa shape index (κ3) is 6.87. The van der Waals surface area contributed by atoms with Crippen LogP contribution in [0.1, 0.15) is 5.56 Å². The minimum atomic E-state index is 0.579. The molecule has 370 valence electrons. The average Bonchev–Trinajstić information content (AvgIpc) is 4.31. The highest BCUT2D eigenvalue weighted by Crippen LogP contribution is 2.42. The van der Waals surface area contributed by atoms with Gasteiger partial charge in [-0.1, -0.05) is 140 Å². The topological polar surface area (TPSA) is 73.7 Å². The van der Waals surface area contributed by atoms with Crippen molar-refractivity contribution >= 4 is 92.9 Å². The highest BCUT2D eigenvalue weighted by Gasteiger charge is 2.22. The molecule has 0 saturated heterocycles. The predicted molar refractivity (Wildman–Crippen MR) is 327 cm³/mol. The lowest BCUT2D eigenvalue weighted by molar-refractivity contribution is 0.952. The Balaban J connectivity index is 0.844. The second-order valence-corrected chi connectivity index (χ2v) is 20.4. The lowest BCUT2D eigenvalue weighted by Gasteiger charge is -2.14. The zero-order chi connectivity index (χ0) is 53.0. The monoisotopic (exact) mass is 1020 g/mol.